The van der Waals surface area contributed by atoms with E-state index in [4.69, 9.17) is 11.6 Å². The van der Waals surface area contributed by atoms with Gasteiger partial charge in [-0.15, -0.1) is 16.4 Å². The first-order valence-electron chi connectivity index (χ1n) is 10.6. The molecule has 29 heavy (non-hydrogen) atoms. The van der Waals surface area contributed by atoms with Crippen LogP contribution in [-0.4, -0.2) is 62.8 Å². The summed E-state index contributed by atoms with van der Waals surface area (Å²) < 4.78 is 39.4. The summed E-state index contributed by atoms with van der Waals surface area (Å²) in [7, 11) is -1.66. The van der Waals surface area contributed by atoms with Gasteiger partial charge in [0.2, 0.25) is 15.9 Å². The summed E-state index contributed by atoms with van der Waals surface area (Å²) >= 11 is 6.21. The zero-order valence-electron chi connectivity index (χ0n) is 17.2. The van der Waals surface area contributed by atoms with Crippen LogP contribution in [0.2, 0.25) is 0 Å². The smallest absolute Gasteiger partial charge is 0.241 e. The van der Waals surface area contributed by atoms with Crippen molar-refractivity contribution in [2.24, 2.45) is 23.7 Å². The van der Waals surface area contributed by atoms with Gasteiger partial charge in [-0.1, -0.05) is 19.8 Å². The van der Waals surface area contributed by atoms with Gasteiger partial charge in [0.05, 0.1) is 17.0 Å². The van der Waals surface area contributed by atoms with E-state index in [-0.39, 0.29) is 23.6 Å². The summed E-state index contributed by atoms with van der Waals surface area (Å²) in [6.07, 6.45) is 3.29. The highest BCUT2D eigenvalue weighted by Crippen LogP contribution is 2.37. The Morgan fingerprint density at radius 3 is 2.69 bits per heavy atom. The van der Waals surface area contributed by atoms with Crippen LogP contribution in [0.15, 0.2) is 0 Å². The fourth-order valence-electron chi connectivity index (χ4n) is 5.14. The molecule has 1 aliphatic heterocycles. The molecule has 7 atom stereocenters. The number of hydrogen-bond acceptors (Lipinski definition) is 5. The van der Waals surface area contributed by atoms with Crippen LogP contribution in [0.3, 0.4) is 0 Å². The quantitative estimate of drug-likeness (QED) is 0.420. The molecule has 3 rings (SSSR count). The van der Waals surface area contributed by atoms with Crippen molar-refractivity contribution in [1.82, 2.24) is 20.5 Å². The van der Waals surface area contributed by atoms with Crippen LogP contribution in [-0.2, 0) is 14.8 Å². The maximum atomic E-state index is 14.7. The number of hydrogen-bond donors (Lipinski definition) is 3. The van der Waals surface area contributed by atoms with E-state index in [1.807, 2.05) is 7.05 Å². The van der Waals surface area contributed by atoms with E-state index >= 15 is 0 Å². The van der Waals surface area contributed by atoms with Gasteiger partial charge in [0, 0.05) is 19.3 Å². The highest BCUT2D eigenvalue weighted by molar-refractivity contribution is 7.89. The first-order chi connectivity index (χ1) is 13.6. The van der Waals surface area contributed by atoms with Crippen LogP contribution in [0.5, 0.6) is 0 Å². The number of nitrogens with one attached hydrogen (secondary N) is 3. The van der Waals surface area contributed by atoms with Crippen molar-refractivity contribution in [3.8, 4) is 0 Å². The maximum absolute atomic E-state index is 14.7. The fourth-order valence-corrected chi connectivity index (χ4v) is 6.81. The zero-order chi connectivity index (χ0) is 21.2. The van der Waals surface area contributed by atoms with Crippen molar-refractivity contribution in [3.05, 3.63) is 0 Å². The van der Waals surface area contributed by atoms with Gasteiger partial charge in [0.25, 0.3) is 0 Å². The predicted molar refractivity (Wildman–Crippen MR) is 111 cm³/mol. The molecule has 7 nitrogen and oxygen atoms in total. The standard InChI is InChI=1S/C19H34ClFN4O3S/c1-12-4-3-5-13(6-12)10-29(27,28)24-23-19(26)15-7-14(8-16(20)18(15)21)17-9-25(2)11-22-17/h12-18,22,24H,3-11H2,1-2H3,(H,23,26). The lowest BCUT2D eigenvalue weighted by molar-refractivity contribution is -0.129. The average molecular weight is 453 g/mol. The average Bonchev–Trinajstić information content (AvgIpc) is 3.08. The van der Waals surface area contributed by atoms with Crippen LogP contribution in [0.25, 0.3) is 0 Å². The Hall–Kier alpha value is -0.480. The Kier molecular flexibility index (Phi) is 7.81. The van der Waals surface area contributed by atoms with Crippen molar-refractivity contribution >= 4 is 27.5 Å². The molecule has 0 radical (unpaired) electrons. The van der Waals surface area contributed by atoms with Crippen LogP contribution in [0, 0.1) is 23.7 Å². The number of nitrogens with zero attached hydrogens (tertiary/aromatic N) is 1. The first-order valence-corrected chi connectivity index (χ1v) is 12.7. The predicted octanol–water partition coefficient (Wildman–Crippen LogP) is 1.60. The summed E-state index contributed by atoms with van der Waals surface area (Å²) in [5.41, 5.74) is 2.26. The lowest BCUT2D eigenvalue weighted by Gasteiger charge is -2.37. The number of carbonyl (C=O) groups is 1. The molecule has 1 saturated heterocycles. The maximum Gasteiger partial charge on any atom is 0.241 e. The van der Waals surface area contributed by atoms with Gasteiger partial charge in [-0.2, -0.15) is 0 Å². The van der Waals surface area contributed by atoms with Gasteiger partial charge in [0.1, 0.15) is 6.17 Å². The van der Waals surface area contributed by atoms with Crippen molar-refractivity contribution in [2.45, 2.75) is 63.0 Å². The van der Waals surface area contributed by atoms with E-state index in [9.17, 15) is 17.6 Å². The van der Waals surface area contributed by atoms with Crippen LogP contribution in [0.4, 0.5) is 4.39 Å². The molecule has 7 unspecified atom stereocenters. The van der Waals surface area contributed by atoms with Crippen LogP contribution >= 0.6 is 11.6 Å². The largest absolute Gasteiger partial charge is 0.300 e. The molecule has 0 aromatic carbocycles. The van der Waals surface area contributed by atoms with Gasteiger partial charge in [-0.05, 0) is 50.5 Å². The SMILES string of the molecule is CC1CCCC(CS(=O)(=O)NNC(=O)C2CC(C3CN(C)CN3)CC(Cl)C2F)C1. The van der Waals surface area contributed by atoms with E-state index in [0.717, 1.165) is 38.9 Å². The molecule has 3 fully saturated rings. The molecule has 3 N–H and O–H groups in total. The Labute approximate surface area is 178 Å². The molecule has 3 aliphatic rings. The number of hydrazine groups is 1. The molecule has 168 valence electrons. The van der Waals surface area contributed by atoms with Gasteiger partial charge in [-0.25, -0.2) is 12.8 Å². The molecule has 10 heteroatoms. The minimum absolute atomic E-state index is 0.0135. The number of sulfonamides is 1. The van der Waals surface area contributed by atoms with Crippen molar-refractivity contribution in [2.75, 3.05) is 26.0 Å². The molecule has 2 saturated carbocycles. The normalized spacial score (nSPS) is 39.4. The minimum Gasteiger partial charge on any atom is -0.300 e. The molecule has 1 amide bonds. The first kappa shape index (κ1) is 23.2. The number of carbonyl (C=O) groups excluding carboxylic acids is 1. The third-order valence-electron chi connectivity index (χ3n) is 6.68. The molecule has 0 aromatic heterocycles. The van der Waals surface area contributed by atoms with Crippen molar-refractivity contribution in [1.29, 1.82) is 0 Å². The third-order valence-corrected chi connectivity index (χ3v) is 8.42. The molecule has 1 heterocycles. The lowest BCUT2D eigenvalue weighted by Crippen LogP contribution is -2.52. The summed E-state index contributed by atoms with van der Waals surface area (Å²) in [4.78, 5) is 16.9. The summed E-state index contributed by atoms with van der Waals surface area (Å²) in [5, 5.41) is 2.63. The Bertz CT molecular complexity index is 682. The number of alkyl halides is 2. The Balaban J connectivity index is 1.54. The number of likely N-dealkylation sites (N-methyl/N-ethyl adjacent to an activating group) is 1. The highest BCUT2D eigenvalue weighted by Gasteiger charge is 2.44. The van der Waals surface area contributed by atoms with Gasteiger partial charge >= 0.3 is 0 Å². The molecule has 0 aromatic rings. The summed E-state index contributed by atoms with van der Waals surface area (Å²) in [6, 6.07) is 0.161. The minimum atomic E-state index is -3.66. The number of amides is 1. The van der Waals surface area contributed by atoms with Gasteiger partial charge in [0.15, 0.2) is 0 Å². The van der Waals surface area contributed by atoms with E-state index in [0.29, 0.717) is 18.8 Å². The molecule has 2 aliphatic carbocycles. The van der Waals surface area contributed by atoms with Crippen molar-refractivity contribution < 1.29 is 17.6 Å². The second-order valence-electron chi connectivity index (χ2n) is 9.32. The molecular formula is C19H34ClFN4O3S. The Morgan fingerprint density at radius 2 is 2.03 bits per heavy atom. The van der Waals surface area contributed by atoms with E-state index in [1.54, 1.807) is 0 Å². The van der Waals surface area contributed by atoms with Gasteiger partial charge < -0.3 is 0 Å². The van der Waals surface area contributed by atoms with Crippen LogP contribution < -0.4 is 15.6 Å². The second-order valence-corrected chi connectivity index (χ2v) is 11.6. The third kappa shape index (κ3) is 6.26. The molecule has 0 spiro atoms. The fraction of sp³-hybridized carbons (Fsp3) is 0.947. The molecule has 0 bridgehead atoms. The summed E-state index contributed by atoms with van der Waals surface area (Å²) in [5.74, 6) is -0.917. The number of rotatable bonds is 6. The molecular weight excluding hydrogens is 419 g/mol. The second kappa shape index (κ2) is 9.77. The van der Waals surface area contributed by atoms with E-state index < -0.39 is 33.4 Å². The zero-order valence-corrected chi connectivity index (χ0v) is 18.8. The van der Waals surface area contributed by atoms with E-state index in [1.165, 1.54) is 0 Å². The summed E-state index contributed by atoms with van der Waals surface area (Å²) in [6.45, 7) is 3.71. The van der Waals surface area contributed by atoms with Crippen LogP contribution in [0.1, 0.15) is 45.4 Å². The monoisotopic (exact) mass is 452 g/mol. The lowest BCUT2D eigenvalue weighted by atomic mass is 9.76. The highest BCUT2D eigenvalue weighted by atomic mass is 35.5. The number of halogens is 2. The topological polar surface area (TPSA) is 90.5 Å². The van der Waals surface area contributed by atoms with E-state index in [2.05, 4.69) is 27.4 Å². The van der Waals surface area contributed by atoms with Crippen molar-refractivity contribution in [3.63, 3.8) is 0 Å². The Morgan fingerprint density at radius 1 is 1.28 bits per heavy atom. The van der Waals surface area contributed by atoms with Gasteiger partial charge in [-0.3, -0.25) is 20.4 Å².